The third-order valence-corrected chi connectivity index (χ3v) is 4.27. The summed E-state index contributed by atoms with van der Waals surface area (Å²) in [6, 6.07) is 3.67. The van der Waals surface area contributed by atoms with Crippen molar-refractivity contribution >= 4 is 12.0 Å². The van der Waals surface area contributed by atoms with Gasteiger partial charge in [0.2, 0.25) is 0 Å². The molecule has 2 heterocycles. The van der Waals surface area contributed by atoms with Crippen molar-refractivity contribution in [2.24, 2.45) is 0 Å². The van der Waals surface area contributed by atoms with Crippen LogP contribution in [0.25, 0.3) is 0 Å². The van der Waals surface area contributed by atoms with Crippen LogP contribution in [-0.4, -0.2) is 33.6 Å². The van der Waals surface area contributed by atoms with Gasteiger partial charge in [-0.05, 0) is 25.5 Å². The average Bonchev–Trinajstić information content (AvgIpc) is 3.09. The third-order valence-electron chi connectivity index (χ3n) is 4.27. The third kappa shape index (κ3) is 4.39. The minimum Gasteiger partial charge on any atom is -0.463 e. The topological polar surface area (TPSA) is 98.1 Å². The van der Waals surface area contributed by atoms with Gasteiger partial charge in [-0.1, -0.05) is 23.4 Å². The highest BCUT2D eigenvalue weighted by Gasteiger charge is 2.35. The SMILES string of the molecule is CCOC(=O)C1=C(C)NC(=O)NC1c1cn(Cc2ccccc2C(F)(F)F)nn1. The Balaban J connectivity index is 1.90. The van der Waals surface area contributed by atoms with E-state index in [1.807, 2.05) is 0 Å². The number of carbonyl (C=O) groups is 2. The van der Waals surface area contributed by atoms with E-state index >= 15 is 0 Å². The molecule has 154 valence electrons. The van der Waals surface area contributed by atoms with E-state index in [1.165, 1.54) is 29.1 Å². The number of allylic oxidation sites excluding steroid dienone is 1. The Hall–Kier alpha value is -3.37. The van der Waals surface area contributed by atoms with E-state index in [0.717, 1.165) is 6.07 Å². The molecule has 1 unspecified atom stereocenters. The van der Waals surface area contributed by atoms with Crippen LogP contribution >= 0.6 is 0 Å². The maximum Gasteiger partial charge on any atom is 0.416 e. The lowest BCUT2D eigenvalue weighted by atomic mass is 10.0. The molecule has 0 saturated heterocycles. The number of nitrogens with one attached hydrogen (secondary N) is 2. The number of benzene rings is 1. The summed E-state index contributed by atoms with van der Waals surface area (Å²) >= 11 is 0. The fourth-order valence-corrected chi connectivity index (χ4v) is 3.03. The van der Waals surface area contributed by atoms with Crippen molar-refractivity contribution in [2.45, 2.75) is 32.6 Å². The number of aromatic nitrogens is 3. The van der Waals surface area contributed by atoms with Crippen LogP contribution in [0.15, 0.2) is 41.7 Å². The molecule has 11 heteroatoms. The van der Waals surface area contributed by atoms with Crippen molar-refractivity contribution in [1.29, 1.82) is 0 Å². The standard InChI is InChI=1S/C18H18F3N5O3/c1-3-29-16(27)14-10(2)22-17(28)23-15(14)13-9-26(25-24-13)8-11-6-4-5-7-12(11)18(19,20)21/h4-7,9,15H,3,8H2,1-2H3,(H2,22,23,28). The van der Waals surface area contributed by atoms with Crippen molar-refractivity contribution in [2.75, 3.05) is 6.61 Å². The highest BCUT2D eigenvalue weighted by atomic mass is 19.4. The first kappa shape index (κ1) is 20.4. The Labute approximate surface area is 163 Å². The first-order valence-electron chi connectivity index (χ1n) is 8.71. The van der Waals surface area contributed by atoms with Crippen molar-refractivity contribution in [3.8, 4) is 0 Å². The van der Waals surface area contributed by atoms with Gasteiger partial charge in [-0.2, -0.15) is 13.2 Å². The molecule has 0 saturated carbocycles. The Morgan fingerprint density at radius 3 is 2.72 bits per heavy atom. The molecule has 0 fully saturated rings. The normalized spacial score (nSPS) is 17.0. The molecule has 1 aromatic heterocycles. The number of hydrogen-bond acceptors (Lipinski definition) is 5. The Morgan fingerprint density at radius 1 is 1.31 bits per heavy atom. The van der Waals surface area contributed by atoms with E-state index in [0.29, 0.717) is 5.70 Å². The van der Waals surface area contributed by atoms with E-state index in [-0.39, 0.29) is 30.0 Å². The summed E-state index contributed by atoms with van der Waals surface area (Å²) in [6.07, 6.45) is -3.12. The zero-order valence-corrected chi connectivity index (χ0v) is 15.6. The van der Waals surface area contributed by atoms with Crippen molar-refractivity contribution in [1.82, 2.24) is 25.6 Å². The lowest BCUT2D eigenvalue weighted by molar-refractivity contribution is -0.139. The van der Waals surface area contributed by atoms with E-state index in [2.05, 4.69) is 20.9 Å². The monoisotopic (exact) mass is 409 g/mol. The molecule has 3 rings (SSSR count). The summed E-state index contributed by atoms with van der Waals surface area (Å²) in [5, 5.41) is 12.8. The number of amides is 2. The summed E-state index contributed by atoms with van der Waals surface area (Å²) in [7, 11) is 0. The summed E-state index contributed by atoms with van der Waals surface area (Å²) in [5.74, 6) is -0.639. The molecule has 1 aliphatic heterocycles. The zero-order chi connectivity index (χ0) is 21.2. The molecule has 2 amide bonds. The van der Waals surface area contributed by atoms with Crippen molar-refractivity contribution in [3.05, 3.63) is 58.6 Å². The maximum absolute atomic E-state index is 13.2. The molecule has 0 aliphatic carbocycles. The molecule has 0 spiro atoms. The van der Waals surface area contributed by atoms with E-state index in [1.54, 1.807) is 13.8 Å². The van der Waals surface area contributed by atoms with E-state index < -0.39 is 29.8 Å². The molecule has 1 aliphatic rings. The van der Waals surface area contributed by atoms with E-state index in [4.69, 9.17) is 4.74 Å². The Morgan fingerprint density at radius 2 is 2.03 bits per heavy atom. The molecule has 0 radical (unpaired) electrons. The number of carbonyl (C=O) groups excluding carboxylic acids is 2. The lowest BCUT2D eigenvalue weighted by Crippen LogP contribution is -2.45. The van der Waals surface area contributed by atoms with Crippen molar-refractivity contribution in [3.63, 3.8) is 0 Å². The predicted molar refractivity (Wildman–Crippen MR) is 94.3 cm³/mol. The highest BCUT2D eigenvalue weighted by molar-refractivity contribution is 5.94. The minimum absolute atomic E-state index is 0.0168. The van der Waals surface area contributed by atoms with Crippen LogP contribution < -0.4 is 10.6 Å². The summed E-state index contributed by atoms with van der Waals surface area (Å²) < 4.78 is 45.8. The van der Waals surface area contributed by atoms with Crippen molar-refractivity contribution < 1.29 is 27.5 Å². The van der Waals surface area contributed by atoms with Gasteiger partial charge >= 0.3 is 18.2 Å². The zero-order valence-electron chi connectivity index (χ0n) is 15.6. The van der Waals surface area contributed by atoms with Crippen LogP contribution in [0, 0.1) is 0 Å². The minimum atomic E-state index is -4.50. The van der Waals surface area contributed by atoms with Crippen LogP contribution in [0.3, 0.4) is 0 Å². The first-order valence-corrected chi connectivity index (χ1v) is 8.71. The molecule has 2 N–H and O–H groups in total. The lowest BCUT2D eigenvalue weighted by Gasteiger charge is -2.26. The van der Waals surface area contributed by atoms with Gasteiger partial charge < -0.3 is 15.4 Å². The number of alkyl halides is 3. The van der Waals surface area contributed by atoms with E-state index in [9.17, 15) is 22.8 Å². The average molecular weight is 409 g/mol. The number of halogens is 3. The highest BCUT2D eigenvalue weighted by Crippen LogP contribution is 2.32. The summed E-state index contributed by atoms with van der Waals surface area (Å²) in [6.45, 7) is 3.14. The quantitative estimate of drug-likeness (QED) is 0.740. The smallest absolute Gasteiger partial charge is 0.416 e. The molecule has 1 atom stereocenters. The van der Waals surface area contributed by atoms with Gasteiger partial charge in [0, 0.05) is 5.70 Å². The van der Waals surface area contributed by atoms with Crippen LogP contribution in [0.1, 0.15) is 36.7 Å². The second kappa shape index (κ2) is 7.94. The van der Waals surface area contributed by atoms with Gasteiger partial charge in [-0.15, -0.1) is 5.10 Å². The number of rotatable bonds is 5. The largest absolute Gasteiger partial charge is 0.463 e. The summed E-state index contributed by atoms with van der Waals surface area (Å²) in [4.78, 5) is 24.1. The molecular weight excluding hydrogens is 391 g/mol. The van der Waals surface area contributed by atoms with Gasteiger partial charge in [0.25, 0.3) is 0 Å². The Bertz CT molecular complexity index is 968. The first-order chi connectivity index (χ1) is 13.7. The van der Waals surface area contributed by atoms with Gasteiger partial charge in [-0.25, -0.2) is 14.3 Å². The van der Waals surface area contributed by atoms with Crippen LogP contribution in [0.2, 0.25) is 0 Å². The van der Waals surface area contributed by atoms with Gasteiger partial charge in [0.15, 0.2) is 0 Å². The molecule has 2 aromatic rings. The summed E-state index contributed by atoms with van der Waals surface area (Å²) in [5.41, 5.74) is -0.103. The van der Waals surface area contributed by atoms with Gasteiger partial charge in [0.05, 0.1) is 30.5 Å². The van der Waals surface area contributed by atoms with Gasteiger partial charge in [0.1, 0.15) is 11.7 Å². The molecule has 29 heavy (non-hydrogen) atoms. The number of urea groups is 1. The second-order valence-corrected chi connectivity index (χ2v) is 6.29. The number of esters is 1. The Kier molecular flexibility index (Phi) is 5.57. The van der Waals surface area contributed by atoms with Crippen LogP contribution in [0.5, 0.6) is 0 Å². The predicted octanol–water partition coefficient (Wildman–Crippen LogP) is 2.54. The van der Waals surface area contributed by atoms with Gasteiger partial charge in [-0.3, -0.25) is 0 Å². The molecule has 0 bridgehead atoms. The maximum atomic E-state index is 13.2. The fraction of sp³-hybridized carbons (Fsp3) is 0.333. The number of ether oxygens (including phenoxy) is 1. The molecule has 8 nitrogen and oxygen atoms in total. The second-order valence-electron chi connectivity index (χ2n) is 6.29. The van der Waals surface area contributed by atoms with Crippen LogP contribution in [0.4, 0.5) is 18.0 Å². The molecular formula is C18H18F3N5O3. The fourth-order valence-electron chi connectivity index (χ4n) is 3.03. The number of nitrogens with zero attached hydrogens (tertiary/aromatic N) is 3. The number of hydrogen-bond donors (Lipinski definition) is 2. The van der Waals surface area contributed by atoms with Crippen LogP contribution in [-0.2, 0) is 22.3 Å². The molecule has 1 aromatic carbocycles.